The third-order valence-corrected chi connectivity index (χ3v) is 8.52. The SMILES string of the molecule is CCC(C)C(=O)N=C1SC2CS(=O)(=O)CC2N1c1cccc(Cl)c1Cl. The molecule has 136 valence electrons. The summed E-state index contributed by atoms with van der Waals surface area (Å²) in [7, 11) is -3.12. The number of carbonyl (C=O) groups excluding carboxylic acids is 1. The largest absolute Gasteiger partial charge is 0.314 e. The third-order valence-electron chi connectivity index (χ3n) is 4.50. The number of amidine groups is 1. The summed E-state index contributed by atoms with van der Waals surface area (Å²) in [5.74, 6) is -0.303. The fraction of sp³-hybridized carbons (Fsp3) is 0.500. The summed E-state index contributed by atoms with van der Waals surface area (Å²) in [6.45, 7) is 3.76. The van der Waals surface area contributed by atoms with Crippen molar-refractivity contribution >= 4 is 61.6 Å². The molecule has 0 aromatic heterocycles. The second-order valence-electron chi connectivity index (χ2n) is 6.29. The van der Waals surface area contributed by atoms with Gasteiger partial charge in [0, 0.05) is 11.2 Å². The van der Waals surface area contributed by atoms with E-state index in [1.807, 2.05) is 13.8 Å². The topological polar surface area (TPSA) is 66.8 Å². The van der Waals surface area contributed by atoms with Gasteiger partial charge >= 0.3 is 0 Å². The van der Waals surface area contributed by atoms with Crippen molar-refractivity contribution in [1.29, 1.82) is 0 Å². The highest BCUT2D eigenvalue weighted by Gasteiger charge is 2.50. The quantitative estimate of drug-likeness (QED) is 0.746. The monoisotopic (exact) mass is 420 g/mol. The van der Waals surface area contributed by atoms with E-state index >= 15 is 0 Å². The fourth-order valence-corrected chi connectivity index (χ4v) is 7.20. The second kappa shape index (κ2) is 7.10. The molecule has 2 fully saturated rings. The molecule has 1 aromatic rings. The predicted octanol–water partition coefficient (Wildman–Crippen LogP) is 3.64. The van der Waals surface area contributed by atoms with E-state index in [4.69, 9.17) is 23.2 Å². The minimum absolute atomic E-state index is 0.0179. The number of amides is 1. The molecule has 25 heavy (non-hydrogen) atoms. The van der Waals surface area contributed by atoms with Gasteiger partial charge in [-0.3, -0.25) is 4.79 Å². The van der Waals surface area contributed by atoms with E-state index in [2.05, 4.69) is 4.99 Å². The van der Waals surface area contributed by atoms with Crippen LogP contribution in [0.25, 0.3) is 0 Å². The van der Waals surface area contributed by atoms with Gasteiger partial charge in [-0.05, 0) is 18.6 Å². The van der Waals surface area contributed by atoms with Gasteiger partial charge in [-0.2, -0.15) is 4.99 Å². The molecule has 0 N–H and O–H groups in total. The molecule has 2 heterocycles. The Hall–Kier alpha value is -0.760. The summed E-state index contributed by atoms with van der Waals surface area (Å²) < 4.78 is 24.1. The first-order valence-corrected chi connectivity index (χ1v) is 11.4. The van der Waals surface area contributed by atoms with Crippen molar-refractivity contribution in [2.45, 2.75) is 31.6 Å². The maximum Gasteiger partial charge on any atom is 0.250 e. The van der Waals surface area contributed by atoms with Gasteiger partial charge in [0.25, 0.3) is 5.91 Å². The minimum Gasteiger partial charge on any atom is -0.314 e. The summed E-state index contributed by atoms with van der Waals surface area (Å²) in [6, 6.07) is 4.89. The van der Waals surface area contributed by atoms with E-state index in [-0.39, 0.29) is 34.6 Å². The number of hydrogen-bond acceptors (Lipinski definition) is 4. The number of aliphatic imine (C=N–C) groups is 1. The van der Waals surface area contributed by atoms with Crippen LogP contribution in [0.15, 0.2) is 23.2 Å². The molecule has 1 amide bonds. The maximum absolute atomic E-state index is 12.3. The Labute approximate surface area is 161 Å². The number of thioether (sulfide) groups is 1. The zero-order valence-corrected chi connectivity index (χ0v) is 16.9. The van der Waals surface area contributed by atoms with Gasteiger partial charge in [-0.25, -0.2) is 8.42 Å². The molecule has 3 unspecified atom stereocenters. The van der Waals surface area contributed by atoms with Crippen molar-refractivity contribution < 1.29 is 13.2 Å². The minimum atomic E-state index is -3.12. The van der Waals surface area contributed by atoms with Crippen molar-refractivity contribution in [1.82, 2.24) is 0 Å². The van der Waals surface area contributed by atoms with E-state index in [0.717, 1.165) is 0 Å². The molecular weight excluding hydrogens is 403 g/mol. The maximum atomic E-state index is 12.3. The molecule has 2 saturated heterocycles. The average molecular weight is 421 g/mol. The van der Waals surface area contributed by atoms with E-state index in [9.17, 15) is 13.2 Å². The van der Waals surface area contributed by atoms with Crippen LogP contribution in [0.3, 0.4) is 0 Å². The lowest BCUT2D eigenvalue weighted by atomic mass is 10.1. The highest BCUT2D eigenvalue weighted by atomic mass is 35.5. The van der Waals surface area contributed by atoms with Crippen LogP contribution in [0.2, 0.25) is 10.0 Å². The van der Waals surface area contributed by atoms with Crippen LogP contribution in [-0.4, -0.2) is 42.3 Å². The number of halogens is 2. The van der Waals surface area contributed by atoms with Crippen molar-refractivity contribution in [2.75, 3.05) is 16.4 Å². The lowest BCUT2D eigenvalue weighted by Gasteiger charge is -2.26. The molecule has 9 heteroatoms. The lowest BCUT2D eigenvalue weighted by molar-refractivity contribution is -0.121. The number of rotatable bonds is 3. The molecule has 3 atom stereocenters. The first-order valence-electron chi connectivity index (χ1n) is 7.96. The third kappa shape index (κ3) is 3.70. The lowest BCUT2D eigenvalue weighted by Crippen LogP contribution is -2.38. The zero-order valence-electron chi connectivity index (χ0n) is 13.8. The van der Waals surface area contributed by atoms with Crippen LogP contribution in [0.4, 0.5) is 5.69 Å². The highest BCUT2D eigenvalue weighted by Crippen LogP contribution is 2.44. The Balaban J connectivity index is 2.06. The summed E-state index contributed by atoms with van der Waals surface area (Å²) >= 11 is 13.8. The number of sulfone groups is 1. The van der Waals surface area contributed by atoms with Crippen molar-refractivity contribution in [2.24, 2.45) is 10.9 Å². The van der Waals surface area contributed by atoms with Crippen LogP contribution in [0.5, 0.6) is 0 Å². The van der Waals surface area contributed by atoms with Gasteiger partial charge in [0.15, 0.2) is 15.0 Å². The molecule has 0 aliphatic carbocycles. The Morgan fingerprint density at radius 2 is 2.12 bits per heavy atom. The molecule has 0 bridgehead atoms. The standard InChI is InChI=1S/C16H18Cl2N2O3S2/c1-3-9(2)15(21)19-16-20(11-6-4-5-10(17)14(11)18)12-7-25(22,23)8-13(12)24-16/h4-6,9,12-13H,3,7-8H2,1-2H3. The average Bonchev–Trinajstić information content (AvgIpc) is 3.00. The number of carbonyl (C=O) groups is 1. The molecule has 0 spiro atoms. The summed E-state index contributed by atoms with van der Waals surface area (Å²) in [5.41, 5.74) is 0.585. The van der Waals surface area contributed by atoms with Gasteiger partial charge in [-0.15, -0.1) is 0 Å². The highest BCUT2D eigenvalue weighted by molar-refractivity contribution is 8.16. The van der Waals surface area contributed by atoms with Crippen LogP contribution >= 0.6 is 35.0 Å². The molecule has 5 nitrogen and oxygen atoms in total. The van der Waals surface area contributed by atoms with E-state index in [1.54, 1.807) is 23.1 Å². The normalized spacial score (nSPS) is 27.5. The first kappa shape index (κ1) is 19.0. The fourth-order valence-electron chi connectivity index (χ4n) is 2.90. The number of hydrogen-bond donors (Lipinski definition) is 0. The van der Waals surface area contributed by atoms with Gasteiger partial charge in [0.2, 0.25) is 0 Å². The summed E-state index contributed by atoms with van der Waals surface area (Å²) in [4.78, 5) is 18.3. The number of benzene rings is 1. The number of anilines is 1. The zero-order chi connectivity index (χ0) is 18.4. The molecule has 0 saturated carbocycles. The molecule has 2 aliphatic heterocycles. The molecular formula is C16H18Cl2N2O3S2. The smallest absolute Gasteiger partial charge is 0.250 e. The van der Waals surface area contributed by atoms with Crippen LogP contribution in [-0.2, 0) is 14.6 Å². The van der Waals surface area contributed by atoms with E-state index in [1.165, 1.54) is 11.8 Å². The Morgan fingerprint density at radius 3 is 2.80 bits per heavy atom. The van der Waals surface area contributed by atoms with Crippen LogP contribution in [0.1, 0.15) is 20.3 Å². The van der Waals surface area contributed by atoms with Gasteiger partial charge < -0.3 is 4.90 Å². The van der Waals surface area contributed by atoms with Crippen molar-refractivity contribution in [3.63, 3.8) is 0 Å². The first-order chi connectivity index (χ1) is 11.7. The predicted molar refractivity (Wildman–Crippen MR) is 105 cm³/mol. The Kier molecular flexibility index (Phi) is 5.40. The second-order valence-corrected chi connectivity index (χ2v) is 10.4. The molecule has 1 aromatic carbocycles. The van der Waals surface area contributed by atoms with Gasteiger partial charge in [-0.1, -0.05) is 54.9 Å². The van der Waals surface area contributed by atoms with Crippen LogP contribution in [0, 0.1) is 5.92 Å². The number of nitrogens with zero attached hydrogens (tertiary/aromatic N) is 2. The Morgan fingerprint density at radius 1 is 1.40 bits per heavy atom. The molecule has 2 aliphatic rings. The van der Waals surface area contributed by atoms with Crippen molar-refractivity contribution in [3.8, 4) is 0 Å². The van der Waals surface area contributed by atoms with E-state index in [0.29, 0.717) is 27.3 Å². The van der Waals surface area contributed by atoms with E-state index < -0.39 is 9.84 Å². The van der Waals surface area contributed by atoms with Gasteiger partial charge in [0.05, 0.1) is 33.3 Å². The van der Waals surface area contributed by atoms with Gasteiger partial charge in [0.1, 0.15) is 0 Å². The van der Waals surface area contributed by atoms with Crippen LogP contribution < -0.4 is 4.90 Å². The summed E-state index contributed by atoms with van der Waals surface area (Å²) in [6.07, 6.45) is 0.694. The van der Waals surface area contributed by atoms with Crippen molar-refractivity contribution in [3.05, 3.63) is 28.2 Å². The summed E-state index contributed by atoms with van der Waals surface area (Å²) in [5, 5.41) is 1.04. The number of fused-ring (bicyclic) bond motifs is 1. The molecule has 0 radical (unpaired) electrons. The molecule has 3 rings (SSSR count). The Bertz CT molecular complexity index is 842.